The smallest absolute Gasteiger partial charge is 0.227 e. The summed E-state index contributed by atoms with van der Waals surface area (Å²) in [6.07, 6.45) is 0.608. The Bertz CT molecular complexity index is 474. The quantitative estimate of drug-likeness (QED) is 0.770. The molecule has 1 aromatic rings. The molecule has 7 heteroatoms. The zero-order valence-corrected chi connectivity index (χ0v) is 12.2. The molecule has 18 heavy (non-hydrogen) atoms. The van der Waals surface area contributed by atoms with Gasteiger partial charge in [0.15, 0.2) is 15.7 Å². The molecule has 1 rings (SSSR count). The first-order chi connectivity index (χ1) is 8.22. The Morgan fingerprint density at radius 2 is 1.94 bits per heavy atom. The summed E-state index contributed by atoms with van der Waals surface area (Å²) in [6, 6.07) is 0. The van der Waals surface area contributed by atoms with Gasteiger partial charge in [-0.15, -0.1) is 0 Å². The number of aromatic nitrogens is 2. The minimum atomic E-state index is -3.05. The summed E-state index contributed by atoms with van der Waals surface area (Å²) in [4.78, 5) is 4.06. The van der Waals surface area contributed by atoms with Crippen molar-refractivity contribution in [2.24, 2.45) is 0 Å². The Morgan fingerprint density at radius 3 is 2.44 bits per heavy atom. The van der Waals surface area contributed by atoms with Gasteiger partial charge in [0.1, 0.15) is 0 Å². The molecule has 0 aliphatic rings. The highest BCUT2D eigenvalue weighted by molar-refractivity contribution is 7.92. The zero-order valence-electron chi connectivity index (χ0n) is 11.4. The van der Waals surface area contributed by atoms with E-state index in [4.69, 9.17) is 4.52 Å². The molecule has 0 aliphatic heterocycles. The molecular formula is C11H21N3O3S. The van der Waals surface area contributed by atoms with Crippen LogP contribution in [0, 0.1) is 6.92 Å². The van der Waals surface area contributed by atoms with Crippen LogP contribution in [0.3, 0.4) is 0 Å². The molecule has 0 aliphatic carbocycles. The molecule has 1 N–H and O–H groups in total. The lowest BCUT2D eigenvalue weighted by molar-refractivity contribution is 0.373. The van der Waals surface area contributed by atoms with Gasteiger partial charge in [0.2, 0.25) is 5.89 Å². The van der Waals surface area contributed by atoms with Gasteiger partial charge in [0, 0.05) is 19.5 Å². The predicted molar refractivity (Wildman–Crippen MR) is 69.1 cm³/mol. The standard InChI is InChI=1S/C11H21N3O3S/c1-9-13-10(17-14-9)5-6-12-7-8-18(15,16)11(2,3)4/h12H,5-8H2,1-4H3. The molecule has 0 bridgehead atoms. The molecule has 0 saturated heterocycles. The van der Waals surface area contributed by atoms with Gasteiger partial charge in [0.25, 0.3) is 0 Å². The van der Waals surface area contributed by atoms with Gasteiger partial charge < -0.3 is 9.84 Å². The summed E-state index contributed by atoms with van der Waals surface area (Å²) in [5, 5.41) is 6.74. The van der Waals surface area contributed by atoms with Crippen molar-refractivity contribution < 1.29 is 12.9 Å². The van der Waals surface area contributed by atoms with Crippen molar-refractivity contribution in [3.05, 3.63) is 11.7 Å². The summed E-state index contributed by atoms with van der Waals surface area (Å²) in [6.45, 7) is 7.96. The molecule has 1 aromatic heterocycles. The minimum Gasteiger partial charge on any atom is -0.339 e. The fourth-order valence-corrected chi connectivity index (χ4v) is 2.30. The first kappa shape index (κ1) is 15.1. The Balaban J connectivity index is 2.24. The number of hydrogen-bond donors (Lipinski definition) is 1. The molecule has 0 atom stereocenters. The fraction of sp³-hybridized carbons (Fsp3) is 0.818. The van der Waals surface area contributed by atoms with E-state index < -0.39 is 14.6 Å². The average molecular weight is 275 g/mol. The first-order valence-electron chi connectivity index (χ1n) is 5.94. The van der Waals surface area contributed by atoms with Gasteiger partial charge in [-0.05, 0) is 27.7 Å². The van der Waals surface area contributed by atoms with Crippen LogP contribution in [0.1, 0.15) is 32.5 Å². The van der Waals surface area contributed by atoms with E-state index in [1.54, 1.807) is 27.7 Å². The van der Waals surface area contributed by atoms with Crippen molar-refractivity contribution in [1.82, 2.24) is 15.5 Å². The molecule has 0 radical (unpaired) electrons. The normalized spacial score (nSPS) is 12.9. The second-order valence-electron chi connectivity index (χ2n) is 5.17. The molecule has 6 nitrogen and oxygen atoms in total. The van der Waals surface area contributed by atoms with E-state index in [1.807, 2.05) is 0 Å². The van der Waals surface area contributed by atoms with Crippen LogP contribution in [0.5, 0.6) is 0 Å². The van der Waals surface area contributed by atoms with Crippen molar-refractivity contribution in [3.8, 4) is 0 Å². The van der Waals surface area contributed by atoms with Crippen molar-refractivity contribution in [2.75, 3.05) is 18.8 Å². The van der Waals surface area contributed by atoms with E-state index in [1.165, 1.54) is 0 Å². The molecule has 0 fully saturated rings. The number of nitrogens with zero attached hydrogens (tertiary/aromatic N) is 2. The van der Waals surface area contributed by atoms with Crippen molar-refractivity contribution >= 4 is 9.84 Å². The lowest BCUT2D eigenvalue weighted by atomic mass is 10.3. The van der Waals surface area contributed by atoms with Crippen molar-refractivity contribution in [2.45, 2.75) is 38.9 Å². The number of nitrogens with one attached hydrogen (secondary N) is 1. The summed E-state index contributed by atoms with van der Waals surface area (Å²) >= 11 is 0. The topological polar surface area (TPSA) is 85.1 Å². The highest BCUT2D eigenvalue weighted by Gasteiger charge is 2.27. The summed E-state index contributed by atoms with van der Waals surface area (Å²) in [5.74, 6) is 1.32. The molecule has 0 aromatic carbocycles. The Kier molecular flexibility index (Phi) is 4.86. The van der Waals surface area contributed by atoms with E-state index in [0.29, 0.717) is 31.2 Å². The summed E-state index contributed by atoms with van der Waals surface area (Å²) in [7, 11) is -3.05. The van der Waals surface area contributed by atoms with Crippen LogP contribution in [-0.2, 0) is 16.3 Å². The van der Waals surface area contributed by atoms with Crippen LogP contribution < -0.4 is 5.32 Å². The highest BCUT2D eigenvalue weighted by Crippen LogP contribution is 2.15. The predicted octanol–water partition coefficient (Wildman–Crippen LogP) is 0.723. The monoisotopic (exact) mass is 275 g/mol. The maximum absolute atomic E-state index is 11.8. The van der Waals surface area contributed by atoms with Gasteiger partial charge in [-0.1, -0.05) is 5.16 Å². The Labute approximate surface area is 108 Å². The zero-order chi connectivity index (χ0) is 13.8. The fourth-order valence-electron chi connectivity index (χ4n) is 1.27. The van der Waals surface area contributed by atoms with Crippen molar-refractivity contribution in [1.29, 1.82) is 0 Å². The van der Waals surface area contributed by atoms with Gasteiger partial charge in [-0.3, -0.25) is 0 Å². The van der Waals surface area contributed by atoms with Crippen LogP contribution in [0.4, 0.5) is 0 Å². The Morgan fingerprint density at radius 1 is 1.28 bits per heavy atom. The summed E-state index contributed by atoms with van der Waals surface area (Å²) in [5.41, 5.74) is 0. The second-order valence-corrected chi connectivity index (χ2v) is 8.03. The van der Waals surface area contributed by atoms with Crippen molar-refractivity contribution in [3.63, 3.8) is 0 Å². The van der Waals surface area contributed by atoms with E-state index >= 15 is 0 Å². The number of aryl methyl sites for hydroxylation is 1. The molecular weight excluding hydrogens is 254 g/mol. The van der Waals surface area contributed by atoms with Crippen LogP contribution in [-0.4, -0.2) is 42.1 Å². The largest absolute Gasteiger partial charge is 0.339 e. The third-order valence-corrected chi connectivity index (χ3v) is 5.17. The van der Waals surface area contributed by atoms with E-state index in [-0.39, 0.29) is 5.75 Å². The van der Waals surface area contributed by atoms with E-state index in [9.17, 15) is 8.42 Å². The van der Waals surface area contributed by atoms with E-state index in [2.05, 4.69) is 15.5 Å². The highest BCUT2D eigenvalue weighted by atomic mass is 32.2. The summed E-state index contributed by atoms with van der Waals surface area (Å²) < 4.78 is 27.9. The molecule has 0 unspecified atom stereocenters. The van der Waals surface area contributed by atoms with E-state index in [0.717, 1.165) is 0 Å². The molecule has 0 amide bonds. The lowest BCUT2D eigenvalue weighted by Gasteiger charge is -2.19. The van der Waals surface area contributed by atoms with Gasteiger partial charge in [-0.25, -0.2) is 8.42 Å². The molecule has 0 spiro atoms. The maximum atomic E-state index is 11.8. The second kappa shape index (κ2) is 5.79. The third kappa shape index (κ3) is 4.38. The molecule has 104 valence electrons. The molecule has 0 saturated carbocycles. The average Bonchev–Trinajstić information content (AvgIpc) is 2.62. The van der Waals surface area contributed by atoms with Gasteiger partial charge >= 0.3 is 0 Å². The SMILES string of the molecule is Cc1noc(CCNCCS(=O)(=O)C(C)(C)C)n1. The minimum absolute atomic E-state index is 0.138. The van der Waals surface area contributed by atoms with Crippen LogP contribution in [0.25, 0.3) is 0 Å². The lowest BCUT2D eigenvalue weighted by Crippen LogP contribution is -2.35. The maximum Gasteiger partial charge on any atom is 0.227 e. The van der Waals surface area contributed by atoms with Crippen LogP contribution in [0.15, 0.2) is 4.52 Å². The third-order valence-electron chi connectivity index (χ3n) is 2.57. The Hall–Kier alpha value is -0.950. The molecule has 1 heterocycles. The van der Waals surface area contributed by atoms with Gasteiger partial charge in [0.05, 0.1) is 10.5 Å². The van der Waals surface area contributed by atoms with Crippen LogP contribution >= 0.6 is 0 Å². The van der Waals surface area contributed by atoms with Gasteiger partial charge in [-0.2, -0.15) is 4.98 Å². The number of sulfone groups is 1. The first-order valence-corrected chi connectivity index (χ1v) is 7.60. The number of hydrogen-bond acceptors (Lipinski definition) is 6. The van der Waals surface area contributed by atoms with Crippen LogP contribution in [0.2, 0.25) is 0 Å². The number of rotatable bonds is 6.